The highest BCUT2D eigenvalue weighted by atomic mass is 35.5. The summed E-state index contributed by atoms with van der Waals surface area (Å²) in [6.45, 7) is 8.04. The van der Waals surface area contributed by atoms with Gasteiger partial charge in [-0.2, -0.15) is 0 Å². The number of ether oxygens (including phenoxy) is 1. The van der Waals surface area contributed by atoms with Crippen molar-refractivity contribution in [3.63, 3.8) is 0 Å². The van der Waals surface area contributed by atoms with Crippen LogP contribution in [-0.2, 0) is 4.79 Å². The number of nitrogens with one attached hydrogen (secondary N) is 1. The maximum atomic E-state index is 12.5. The van der Waals surface area contributed by atoms with E-state index in [1.165, 1.54) is 11.1 Å². The Balaban J connectivity index is 2.05. The standard InChI is InChI=1S/C20H24ClNO2/c1-5-18(24-19-9-7-6-8-17(19)21)20(23)22-15(4)16-11-10-13(2)14(3)12-16/h6-12,15,18H,5H2,1-4H3,(H,22,23)/t15-,18+/m0/s1. The number of rotatable bonds is 6. The topological polar surface area (TPSA) is 38.3 Å². The van der Waals surface area contributed by atoms with Gasteiger partial charge in [-0.3, -0.25) is 4.79 Å². The summed E-state index contributed by atoms with van der Waals surface area (Å²) in [5, 5.41) is 3.53. The summed E-state index contributed by atoms with van der Waals surface area (Å²) in [6.07, 6.45) is -0.00429. The van der Waals surface area contributed by atoms with E-state index in [9.17, 15) is 4.79 Å². The Morgan fingerprint density at radius 3 is 2.50 bits per heavy atom. The molecule has 0 saturated heterocycles. The van der Waals surface area contributed by atoms with Gasteiger partial charge in [0.25, 0.3) is 5.91 Å². The minimum atomic E-state index is -0.570. The zero-order chi connectivity index (χ0) is 17.7. The number of carbonyl (C=O) groups is 1. The monoisotopic (exact) mass is 345 g/mol. The van der Waals surface area contributed by atoms with Crippen LogP contribution in [-0.4, -0.2) is 12.0 Å². The van der Waals surface area contributed by atoms with Gasteiger partial charge in [0.15, 0.2) is 6.10 Å². The van der Waals surface area contributed by atoms with Crippen LogP contribution in [0.4, 0.5) is 0 Å². The summed E-state index contributed by atoms with van der Waals surface area (Å²) >= 11 is 6.11. The van der Waals surface area contributed by atoms with Gasteiger partial charge < -0.3 is 10.1 Å². The molecule has 0 saturated carbocycles. The molecule has 0 heterocycles. The lowest BCUT2D eigenvalue weighted by molar-refractivity contribution is -0.128. The van der Waals surface area contributed by atoms with Crippen molar-refractivity contribution in [2.45, 2.75) is 46.3 Å². The Morgan fingerprint density at radius 2 is 1.88 bits per heavy atom. The molecule has 0 aromatic heterocycles. The zero-order valence-corrected chi connectivity index (χ0v) is 15.4. The van der Waals surface area contributed by atoms with Crippen molar-refractivity contribution in [3.05, 3.63) is 64.2 Å². The molecule has 0 aliphatic carbocycles. The van der Waals surface area contributed by atoms with E-state index < -0.39 is 6.10 Å². The van der Waals surface area contributed by atoms with E-state index in [4.69, 9.17) is 16.3 Å². The number of aryl methyl sites for hydroxylation is 2. The fourth-order valence-corrected chi connectivity index (χ4v) is 2.62. The third-order valence-electron chi connectivity index (χ3n) is 4.16. The number of hydrogen-bond donors (Lipinski definition) is 1. The van der Waals surface area contributed by atoms with Gasteiger partial charge in [0, 0.05) is 0 Å². The maximum Gasteiger partial charge on any atom is 0.261 e. The van der Waals surface area contributed by atoms with Gasteiger partial charge in [0.2, 0.25) is 0 Å². The third-order valence-corrected chi connectivity index (χ3v) is 4.47. The van der Waals surface area contributed by atoms with Gasteiger partial charge in [-0.15, -0.1) is 0 Å². The van der Waals surface area contributed by atoms with E-state index in [0.717, 1.165) is 5.56 Å². The SMILES string of the molecule is CC[C@@H](Oc1ccccc1Cl)C(=O)N[C@@H](C)c1ccc(C)c(C)c1. The van der Waals surface area contributed by atoms with Crippen molar-refractivity contribution >= 4 is 17.5 Å². The quantitative estimate of drug-likeness (QED) is 0.800. The van der Waals surface area contributed by atoms with E-state index in [1.54, 1.807) is 12.1 Å². The second kappa shape index (κ2) is 8.20. The summed E-state index contributed by atoms with van der Waals surface area (Å²) in [7, 11) is 0. The molecule has 0 spiro atoms. The highest BCUT2D eigenvalue weighted by molar-refractivity contribution is 6.32. The molecule has 1 N–H and O–H groups in total. The fourth-order valence-electron chi connectivity index (χ4n) is 2.44. The highest BCUT2D eigenvalue weighted by Crippen LogP contribution is 2.25. The van der Waals surface area contributed by atoms with Crippen molar-refractivity contribution < 1.29 is 9.53 Å². The fraction of sp³-hybridized carbons (Fsp3) is 0.350. The normalized spacial score (nSPS) is 13.2. The number of para-hydroxylation sites is 1. The van der Waals surface area contributed by atoms with Crippen LogP contribution in [0.25, 0.3) is 0 Å². The number of carbonyl (C=O) groups excluding carboxylic acids is 1. The number of halogens is 1. The second-order valence-electron chi connectivity index (χ2n) is 6.02. The third kappa shape index (κ3) is 4.51. The molecule has 0 aliphatic rings. The Hall–Kier alpha value is -2.00. The lowest BCUT2D eigenvalue weighted by Crippen LogP contribution is -2.39. The average molecular weight is 346 g/mol. The molecule has 3 nitrogen and oxygen atoms in total. The molecule has 128 valence electrons. The molecular formula is C20H24ClNO2. The minimum absolute atomic E-state index is 0.0827. The van der Waals surface area contributed by atoms with Crippen LogP contribution in [0.1, 0.15) is 43.0 Å². The predicted octanol–water partition coefficient (Wildman–Crippen LogP) is 4.99. The summed E-state index contributed by atoms with van der Waals surface area (Å²) in [5.74, 6) is 0.392. The summed E-state index contributed by atoms with van der Waals surface area (Å²) in [4.78, 5) is 12.5. The van der Waals surface area contributed by atoms with Gasteiger partial charge in [-0.25, -0.2) is 0 Å². The zero-order valence-electron chi connectivity index (χ0n) is 14.6. The van der Waals surface area contributed by atoms with E-state index in [-0.39, 0.29) is 11.9 Å². The Labute approximate surface area is 149 Å². The van der Waals surface area contributed by atoms with E-state index in [2.05, 4.69) is 31.3 Å². The minimum Gasteiger partial charge on any atom is -0.479 e. The van der Waals surface area contributed by atoms with Gasteiger partial charge in [0.1, 0.15) is 5.75 Å². The molecular weight excluding hydrogens is 322 g/mol. The first-order valence-corrected chi connectivity index (χ1v) is 8.59. The molecule has 1 amide bonds. The Bertz CT molecular complexity index is 715. The summed E-state index contributed by atoms with van der Waals surface area (Å²) in [6, 6.07) is 13.3. The molecule has 24 heavy (non-hydrogen) atoms. The van der Waals surface area contributed by atoms with Crippen LogP contribution < -0.4 is 10.1 Å². The van der Waals surface area contributed by atoms with E-state index in [0.29, 0.717) is 17.2 Å². The van der Waals surface area contributed by atoms with Crippen molar-refractivity contribution in [2.75, 3.05) is 0 Å². The molecule has 0 unspecified atom stereocenters. The molecule has 0 aliphatic heterocycles. The largest absolute Gasteiger partial charge is 0.479 e. The molecule has 2 aromatic rings. The van der Waals surface area contributed by atoms with Crippen molar-refractivity contribution in [1.82, 2.24) is 5.32 Å². The Morgan fingerprint density at radius 1 is 1.17 bits per heavy atom. The van der Waals surface area contributed by atoms with Gasteiger partial charge in [-0.1, -0.05) is 48.9 Å². The second-order valence-corrected chi connectivity index (χ2v) is 6.43. The van der Waals surface area contributed by atoms with Crippen LogP contribution >= 0.6 is 11.6 Å². The molecule has 2 atom stereocenters. The van der Waals surface area contributed by atoms with Gasteiger partial charge in [-0.05, 0) is 56.0 Å². The molecule has 0 bridgehead atoms. The molecule has 0 radical (unpaired) electrons. The molecule has 2 rings (SSSR count). The average Bonchev–Trinajstić information content (AvgIpc) is 2.56. The number of amides is 1. The molecule has 4 heteroatoms. The van der Waals surface area contributed by atoms with Crippen molar-refractivity contribution in [2.24, 2.45) is 0 Å². The number of hydrogen-bond acceptors (Lipinski definition) is 2. The summed E-state index contributed by atoms with van der Waals surface area (Å²) in [5.41, 5.74) is 3.54. The van der Waals surface area contributed by atoms with Crippen molar-refractivity contribution in [3.8, 4) is 5.75 Å². The lowest BCUT2D eigenvalue weighted by Gasteiger charge is -2.21. The highest BCUT2D eigenvalue weighted by Gasteiger charge is 2.21. The van der Waals surface area contributed by atoms with Crippen LogP contribution in [0.2, 0.25) is 5.02 Å². The van der Waals surface area contributed by atoms with E-state index >= 15 is 0 Å². The van der Waals surface area contributed by atoms with E-state index in [1.807, 2.05) is 32.0 Å². The van der Waals surface area contributed by atoms with Gasteiger partial charge >= 0.3 is 0 Å². The summed E-state index contributed by atoms with van der Waals surface area (Å²) < 4.78 is 5.79. The van der Waals surface area contributed by atoms with Crippen molar-refractivity contribution in [1.29, 1.82) is 0 Å². The predicted molar refractivity (Wildman–Crippen MR) is 98.6 cm³/mol. The van der Waals surface area contributed by atoms with Crippen LogP contribution in [0.3, 0.4) is 0 Å². The maximum absolute atomic E-state index is 12.5. The van der Waals surface area contributed by atoms with Gasteiger partial charge in [0.05, 0.1) is 11.1 Å². The first-order valence-electron chi connectivity index (χ1n) is 8.21. The van der Waals surface area contributed by atoms with Crippen LogP contribution in [0.15, 0.2) is 42.5 Å². The van der Waals surface area contributed by atoms with Crippen LogP contribution in [0, 0.1) is 13.8 Å². The number of benzene rings is 2. The Kier molecular flexibility index (Phi) is 6.27. The lowest BCUT2D eigenvalue weighted by atomic mass is 10.0. The first kappa shape index (κ1) is 18.3. The molecule has 2 aromatic carbocycles. The first-order chi connectivity index (χ1) is 11.4. The smallest absolute Gasteiger partial charge is 0.261 e. The molecule has 0 fully saturated rings. The van der Waals surface area contributed by atoms with Crippen LogP contribution in [0.5, 0.6) is 5.75 Å².